The summed E-state index contributed by atoms with van der Waals surface area (Å²) >= 11 is 0. The molecular formula is C8H15NO4. The predicted octanol–water partition coefficient (Wildman–Crippen LogP) is 0.337. The Kier molecular flexibility index (Phi) is 5.88. The summed E-state index contributed by atoms with van der Waals surface area (Å²) in [5, 5.41) is 2.41. The van der Waals surface area contributed by atoms with Gasteiger partial charge in [0.15, 0.2) is 5.78 Å². The molecule has 0 fully saturated rings. The summed E-state index contributed by atoms with van der Waals surface area (Å²) in [7, 11) is 2.79. The first kappa shape index (κ1) is 11.9. The smallest absolute Gasteiger partial charge is 0.407 e. The Morgan fingerprint density at radius 1 is 1.38 bits per heavy atom. The van der Waals surface area contributed by atoms with E-state index in [1.807, 2.05) is 0 Å². The standard InChI is InChI=1S/C8H15NO4/c1-6(10)7(4-5-12-2)9-8(11)13-3/h7H,4-5H2,1-3H3,(H,9,11)/t7-/m0/s1. The lowest BCUT2D eigenvalue weighted by molar-refractivity contribution is -0.119. The normalized spacial score (nSPS) is 11.9. The molecule has 0 bridgehead atoms. The molecule has 5 nitrogen and oxygen atoms in total. The fraction of sp³-hybridized carbons (Fsp3) is 0.750. The number of carbonyl (C=O) groups excluding carboxylic acids is 2. The minimum absolute atomic E-state index is 0.109. The van der Waals surface area contributed by atoms with Crippen LogP contribution in [0.4, 0.5) is 4.79 Å². The van der Waals surface area contributed by atoms with E-state index in [0.29, 0.717) is 13.0 Å². The van der Waals surface area contributed by atoms with E-state index in [4.69, 9.17) is 4.74 Å². The Balaban J connectivity index is 3.94. The Morgan fingerprint density at radius 3 is 2.38 bits per heavy atom. The minimum atomic E-state index is -0.601. The molecule has 0 saturated heterocycles. The van der Waals surface area contributed by atoms with Gasteiger partial charge in [-0.1, -0.05) is 0 Å². The molecule has 0 aromatic rings. The zero-order valence-corrected chi connectivity index (χ0v) is 8.12. The maximum absolute atomic E-state index is 11.0. The van der Waals surface area contributed by atoms with E-state index in [0.717, 1.165) is 0 Å². The number of ketones is 1. The number of methoxy groups -OCH3 is 2. The van der Waals surface area contributed by atoms with Crippen LogP contribution in [0.5, 0.6) is 0 Å². The molecule has 76 valence electrons. The first-order valence-electron chi connectivity index (χ1n) is 3.95. The fourth-order valence-electron chi connectivity index (χ4n) is 0.814. The summed E-state index contributed by atoms with van der Waals surface area (Å²) < 4.78 is 9.16. The number of hydrogen-bond donors (Lipinski definition) is 1. The molecule has 0 unspecified atom stereocenters. The molecule has 0 aliphatic heterocycles. The molecule has 5 heteroatoms. The van der Waals surface area contributed by atoms with Crippen LogP contribution < -0.4 is 5.32 Å². The van der Waals surface area contributed by atoms with Gasteiger partial charge in [0, 0.05) is 13.7 Å². The molecule has 0 radical (unpaired) electrons. The van der Waals surface area contributed by atoms with Crippen LogP contribution in [0.3, 0.4) is 0 Å². The highest BCUT2D eigenvalue weighted by Crippen LogP contribution is 1.94. The Morgan fingerprint density at radius 2 is 2.00 bits per heavy atom. The Hall–Kier alpha value is -1.10. The number of rotatable bonds is 5. The average molecular weight is 189 g/mol. The van der Waals surface area contributed by atoms with Crippen molar-refractivity contribution >= 4 is 11.9 Å². The predicted molar refractivity (Wildman–Crippen MR) is 46.5 cm³/mol. The Labute approximate surface area is 77.4 Å². The molecule has 1 atom stereocenters. The molecule has 0 aliphatic carbocycles. The second-order valence-electron chi connectivity index (χ2n) is 2.58. The van der Waals surface area contributed by atoms with E-state index in [9.17, 15) is 9.59 Å². The van der Waals surface area contributed by atoms with Crippen LogP contribution in [-0.4, -0.2) is 38.7 Å². The van der Waals surface area contributed by atoms with Gasteiger partial charge in [0.05, 0.1) is 13.2 Å². The third-order valence-corrected chi connectivity index (χ3v) is 1.58. The quantitative estimate of drug-likeness (QED) is 0.677. The highest BCUT2D eigenvalue weighted by Gasteiger charge is 2.16. The van der Waals surface area contributed by atoms with Crippen LogP contribution in [0, 0.1) is 0 Å². The van der Waals surface area contributed by atoms with Crippen molar-refractivity contribution in [2.24, 2.45) is 0 Å². The number of ether oxygens (including phenoxy) is 2. The number of carbonyl (C=O) groups is 2. The molecule has 0 aliphatic rings. The lowest BCUT2D eigenvalue weighted by atomic mass is 10.1. The van der Waals surface area contributed by atoms with E-state index in [1.54, 1.807) is 0 Å². The molecule has 0 saturated carbocycles. The van der Waals surface area contributed by atoms with Gasteiger partial charge in [0.2, 0.25) is 0 Å². The summed E-state index contributed by atoms with van der Waals surface area (Å²) in [6.07, 6.45) is -0.141. The molecule has 0 spiro atoms. The second kappa shape index (κ2) is 6.42. The lowest BCUT2D eigenvalue weighted by Crippen LogP contribution is -2.40. The third kappa shape index (κ3) is 5.19. The van der Waals surface area contributed by atoms with Crippen LogP contribution in [0.1, 0.15) is 13.3 Å². The van der Waals surface area contributed by atoms with Gasteiger partial charge in [-0.2, -0.15) is 0 Å². The molecule has 0 aromatic heterocycles. The summed E-state index contributed by atoms with van der Waals surface area (Å²) in [5.74, 6) is -0.109. The molecule has 0 aromatic carbocycles. The van der Waals surface area contributed by atoms with Crippen molar-refractivity contribution in [3.63, 3.8) is 0 Å². The van der Waals surface area contributed by atoms with Gasteiger partial charge in [-0.3, -0.25) is 4.79 Å². The minimum Gasteiger partial charge on any atom is -0.453 e. The summed E-state index contributed by atoms with van der Waals surface area (Å²) in [4.78, 5) is 21.7. The van der Waals surface area contributed by atoms with Crippen molar-refractivity contribution in [1.29, 1.82) is 0 Å². The Bertz CT molecular complexity index is 181. The van der Waals surface area contributed by atoms with Crippen molar-refractivity contribution in [2.45, 2.75) is 19.4 Å². The largest absolute Gasteiger partial charge is 0.453 e. The number of hydrogen-bond acceptors (Lipinski definition) is 4. The number of amides is 1. The SMILES string of the molecule is COCC[C@H](NC(=O)OC)C(C)=O. The van der Waals surface area contributed by atoms with Crippen LogP contribution in [0.15, 0.2) is 0 Å². The van der Waals surface area contributed by atoms with E-state index in [-0.39, 0.29) is 5.78 Å². The second-order valence-corrected chi connectivity index (χ2v) is 2.58. The molecule has 1 amide bonds. The van der Waals surface area contributed by atoms with E-state index in [2.05, 4.69) is 10.1 Å². The van der Waals surface area contributed by atoms with Crippen molar-refractivity contribution < 1.29 is 19.1 Å². The third-order valence-electron chi connectivity index (χ3n) is 1.58. The van der Waals surface area contributed by atoms with Gasteiger partial charge in [-0.05, 0) is 13.3 Å². The first-order chi connectivity index (χ1) is 6.11. The topological polar surface area (TPSA) is 64.6 Å². The summed E-state index contributed by atoms with van der Waals surface area (Å²) in [6.45, 7) is 1.84. The highest BCUT2D eigenvalue weighted by atomic mass is 16.5. The van der Waals surface area contributed by atoms with Crippen molar-refractivity contribution in [3.8, 4) is 0 Å². The zero-order chi connectivity index (χ0) is 10.3. The number of alkyl carbamates (subject to hydrolysis) is 1. The van der Waals surface area contributed by atoms with E-state index in [1.165, 1.54) is 21.1 Å². The van der Waals surface area contributed by atoms with E-state index < -0.39 is 12.1 Å². The maximum atomic E-state index is 11.0. The maximum Gasteiger partial charge on any atom is 0.407 e. The molecule has 13 heavy (non-hydrogen) atoms. The van der Waals surface area contributed by atoms with Crippen LogP contribution >= 0.6 is 0 Å². The van der Waals surface area contributed by atoms with Gasteiger partial charge in [-0.25, -0.2) is 4.79 Å². The fourth-order valence-corrected chi connectivity index (χ4v) is 0.814. The highest BCUT2D eigenvalue weighted by molar-refractivity contribution is 5.85. The first-order valence-corrected chi connectivity index (χ1v) is 3.95. The zero-order valence-electron chi connectivity index (χ0n) is 8.12. The molecule has 1 N–H and O–H groups in total. The van der Waals surface area contributed by atoms with Crippen LogP contribution in [-0.2, 0) is 14.3 Å². The number of nitrogens with one attached hydrogen (secondary N) is 1. The van der Waals surface area contributed by atoms with Crippen LogP contribution in [0.25, 0.3) is 0 Å². The molecular weight excluding hydrogens is 174 g/mol. The van der Waals surface area contributed by atoms with Gasteiger partial charge in [0.1, 0.15) is 0 Å². The van der Waals surface area contributed by atoms with Crippen molar-refractivity contribution in [2.75, 3.05) is 20.8 Å². The molecule has 0 rings (SSSR count). The average Bonchev–Trinajstić information content (AvgIpc) is 2.11. The van der Waals surface area contributed by atoms with Gasteiger partial charge in [-0.15, -0.1) is 0 Å². The van der Waals surface area contributed by atoms with Gasteiger partial charge in [0.25, 0.3) is 0 Å². The number of Topliss-reactive ketones (excluding diaryl/α,β-unsaturated/α-hetero) is 1. The summed E-state index contributed by atoms with van der Waals surface area (Å²) in [5.41, 5.74) is 0. The van der Waals surface area contributed by atoms with E-state index >= 15 is 0 Å². The monoisotopic (exact) mass is 189 g/mol. The van der Waals surface area contributed by atoms with Gasteiger partial charge < -0.3 is 14.8 Å². The molecule has 0 heterocycles. The lowest BCUT2D eigenvalue weighted by Gasteiger charge is -2.13. The van der Waals surface area contributed by atoms with Crippen molar-refractivity contribution in [3.05, 3.63) is 0 Å². The van der Waals surface area contributed by atoms with Crippen LogP contribution in [0.2, 0.25) is 0 Å². The van der Waals surface area contributed by atoms with Gasteiger partial charge >= 0.3 is 6.09 Å². The summed E-state index contributed by atoms with van der Waals surface area (Å²) in [6, 6.07) is -0.521. The van der Waals surface area contributed by atoms with Crippen molar-refractivity contribution in [1.82, 2.24) is 5.32 Å².